The fraction of sp³-hybridized carbons (Fsp3) is 0.156. The average molecular weight is 608 g/mol. The Bertz CT molecular complexity index is 1800. The van der Waals surface area contributed by atoms with Crippen LogP contribution in [0.3, 0.4) is 0 Å². The highest BCUT2D eigenvalue weighted by Crippen LogP contribution is 2.34. The molecule has 220 valence electrons. The number of fused-ring (bicyclic) bond motifs is 1. The number of aromatic nitrogens is 2. The van der Waals surface area contributed by atoms with Crippen LogP contribution >= 0.6 is 11.6 Å². The van der Waals surface area contributed by atoms with Crippen molar-refractivity contribution in [2.75, 3.05) is 6.54 Å². The van der Waals surface area contributed by atoms with Crippen LogP contribution < -0.4 is 10.1 Å². The van der Waals surface area contributed by atoms with Gasteiger partial charge in [-0.25, -0.2) is 0 Å². The highest BCUT2D eigenvalue weighted by atomic mass is 35.5. The molecule has 7 nitrogen and oxygen atoms in total. The molecule has 0 unspecified atom stereocenters. The van der Waals surface area contributed by atoms with E-state index in [0.29, 0.717) is 21.8 Å². The number of alkyl halides is 3. The molecule has 0 saturated carbocycles. The summed E-state index contributed by atoms with van der Waals surface area (Å²) in [6, 6.07) is 25.4. The summed E-state index contributed by atoms with van der Waals surface area (Å²) in [6.45, 7) is 1.94. The standard InChI is InChI=1S/C32H25ClF3N3O4/c1-19(20-5-7-21(8-6-20)31(42)37-14-13-30(40)41)39-29(25-10-9-23-16-26(33)12-11-22(23)15-25)18-28(38-39)24-3-2-4-27(17-24)43-32(34,35)36/h2-12,15-19H,13-14H2,1H3,(H,37,42)(H,40,41)/t19-/m0/s1. The Morgan fingerprint density at radius 1 is 0.953 bits per heavy atom. The first kappa shape index (κ1) is 29.7. The molecule has 0 aliphatic rings. The Morgan fingerprint density at radius 2 is 1.67 bits per heavy atom. The Hall–Kier alpha value is -4.83. The lowest BCUT2D eigenvalue weighted by molar-refractivity contribution is -0.274. The fourth-order valence-corrected chi connectivity index (χ4v) is 4.89. The predicted molar refractivity (Wildman–Crippen MR) is 157 cm³/mol. The number of amides is 1. The van der Waals surface area contributed by atoms with Gasteiger partial charge in [-0.1, -0.05) is 54.1 Å². The van der Waals surface area contributed by atoms with Crippen LogP contribution in [0.1, 0.15) is 35.3 Å². The van der Waals surface area contributed by atoms with Gasteiger partial charge in [0.25, 0.3) is 5.91 Å². The first-order chi connectivity index (χ1) is 20.5. The number of hydrogen-bond donors (Lipinski definition) is 2. The molecule has 0 spiro atoms. The van der Waals surface area contributed by atoms with Crippen LogP contribution in [0.25, 0.3) is 33.3 Å². The summed E-state index contributed by atoms with van der Waals surface area (Å²) in [7, 11) is 0. The fourth-order valence-electron chi connectivity index (χ4n) is 4.71. The number of nitrogens with zero attached hydrogens (tertiary/aromatic N) is 2. The minimum Gasteiger partial charge on any atom is -0.481 e. The zero-order valence-corrected chi connectivity index (χ0v) is 23.5. The van der Waals surface area contributed by atoms with E-state index in [1.54, 1.807) is 41.1 Å². The third-order valence-electron chi connectivity index (χ3n) is 6.84. The molecule has 1 heterocycles. The van der Waals surface area contributed by atoms with Gasteiger partial charge in [0.15, 0.2) is 0 Å². The second-order valence-corrected chi connectivity index (χ2v) is 10.3. The number of ether oxygens (including phenoxy) is 1. The first-order valence-electron chi connectivity index (χ1n) is 13.2. The van der Waals surface area contributed by atoms with E-state index >= 15 is 0 Å². The van der Waals surface area contributed by atoms with Crippen LogP contribution in [0.15, 0.2) is 91.0 Å². The molecule has 0 bridgehead atoms. The highest BCUT2D eigenvalue weighted by Gasteiger charge is 2.31. The quantitative estimate of drug-likeness (QED) is 0.179. The van der Waals surface area contributed by atoms with Crippen molar-refractivity contribution in [3.05, 3.63) is 107 Å². The number of benzene rings is 4. The Balaban J connectivity index is 1.52. The van der Waals surface area contributed by atoms with Gasteiger partial charge >= 0.3 is 12.3 Å². The molecule has 0 aliphatic heterocycles. The number of hydrogen-bond acceptors (Lipinski definition) is 4. The van der Waals surface area contributed by atoms with Gasteiger partial charge in [0.1, 0.15) is 5.75 Å². The maximum absolute atomic E-state index is 12.9. The number of carboxylic acid groups (broad SMARTS) is 1. The molecule has 0 radical (unpaired) electrons. The van der Waals surface area contributed by atoms with E-state index in [2.05, 4.69) is 10.1 Å². The van der Waals surface area contributed by atoms with E-state index in [1.807, 2.05) is 43.3 Å². The van der Waals surface area contributed by atoms with Crippen LogP contribution in [-0.4, -0.2) is 39.7 Å². The average Bonchev–Trinajstić information content (AvgIpc) is 3.41. The van der Waals surface area contributed by atoms with Crippen LogP contribution in [0, 0.1) is 0 Å². The Morgan fingerprint density at radius 3 is 2.40 bits per heavy atom. The lowest BCUT2D eigenvalue weighted by Crippen LogP contribution is -2.26. The van der Waals surface area contributed by atoms with Crippen molar-refractivity contribution in [3.8, 4) is 28.3 Å². The molecule has 4 aromatic carbocycles. The normalized spacial score (nSPS) is 12.2. The zero-order valence-electron chi connectivity index (χ0n) is 22.7. The number of aliphatic carboxylic acids is 1. The van der Waals surface area contributed by atoms with E-state index < -0.39 is 12.3 Å². The lowest BCUT2D eigenvalue weighted by atomic mass is 10.0. The van der Waals surface area contributed by atoms with Crippen molar-refractivity contribution in [2.45, 2.75) is 25.7 Å². The number of carbonyl (C=O) groups is 2. The van der Waals surface area contributed by atoms with Crippen molar-refractivity contribution in [1.82, 2.24) is 15.1 Å². The maximum atomic E-state index is 12.9. The third-order valence-corrected chi connectivity index (χ3v) is 7.08. The summed E-state index contributed by atoms with van der Waals surface area (Å²) in [5.41, 5.74) is 3.63. The molecule has 2 N–H and O–H groups in total. The van der Waals surface area contributed by atoms with Gasteiger partial charge in [-0.15, -0.1) is 13.2 Å². The largest absolute Gasteiger partial charge is 0.573 e. The van der Waals surface area contributed by atoms with Crippen LogP contribution in [0.5, 0.6) is 5.75 Å². The maximum Gasteiger partial charge on any atom is 0.573 e. The summed E-state index contributed by atoms with van der Waals surface area (Å²) < 4.78 is 44.6. The van der Waals surface area contributed by atoms with E-state index in [0.717, 1.165) is 27.6 Å². The predicted octanol–water partition coefficient (Wildman–Crippen LogP) is 7.74. The SMILES string of the molecule is C[C@@H](c1ccc(C(=O)NCCC(=O)O)cc1)n1nc(-c2cccc(OC(F)(F)F)c2)cc1-c1ccc2cc(Cl)ccc2c1. The molecular formula is C32H25ClF3N3O4. The lowest BCUT2D eigenvalue weighted by Gasteiger charge is -2.17. The van der Waals surface area contributed by atoms with E-state index in [-0.39, 0.29) is 30.7 Å². The number of rotatable bonds is 9. The molecule has 0 fully saturated rings. The Labute approximate surface area is 249 Å². The van der Waals surface area contributed by atoms with Gasteiger partial charge in [-0.2, -0.15) is 5.10 Å². The molecule has 5 aromatic rings. The minimum atomic E-state index is -4.83. The second kappa shape index (κ2) is 12.2. The molecular weight excluding hydrogens is 583 g/mol. The first-order valence-corrected chi connectivity index (χ1v) is 13.6. The number of nitrogens with one attached hydrogen (secondary N) is 1. The topological polar surface area (TPSA) is 93.5 Å². The smallest absolute Gasteiger partial charge is 0.481 e. The van der Waals surface area contributed by atoms with Gasteiger partial charge in [0.05, 0.1) is 23.9 Å². The molecule has 5 rings (SSSR count). The zero-order chi connectivity index (χ0) is 30.7. The molecule has 11 heteroatoms. The third kappa shape index (κ3) is 7.15. The van der Waals surface area contributed by atoms with Crippen LogP contribution in [0.2, 0.25) is 5.02 Å². The molecule has 1 aromatic heterocycles. The summed E-state index contributed by atoms with van der Waals surface area (Å²) in [6.07, 6.45) is -5.01. The van der Waals surface area contributed by atoms with Gasteiger partial charge in [0, 0.05) is 28.3 Å². The molecule has 0 saturated heterocycles. The summed E-state index contributed by atoms with van der Waals surface area (Å²) in [4.78, 5) is 23.1. The molecule has 1 atom stereocenters. The van der Waals surface area contributed by atoms with Gasteiger partial charge < -0.3 is 15.2 Å². The van der Waals surface area contributed by atoms with E-state index in [9.17, 15) is 22.8 Å². The summed E-state index contributed by atoms with van der Waals surface area (Å²) >= 11 is 6.16. The summed E-state index contributed by atoms with van der Waals surface area (Å²) in [5.74, 6) is -1.75. The summed E-state index contributed by atoms with van der Waals surface area (Å²) in [5, 5.41) is 18.7. The van der Waals surface area contributed by atoms with Crippen LogP contribution in [0.4, 0.5) is 13.2 Å². The Kier molecular flexibility index (Phi) is 8.40. The molecule has 1 amide bonds. The molecule has 43 heavy (non-hydrogen) atoms. The minimum absolute atomic E-state index is 0.0128. The van der Waals surface area contributed by atoms with E-state index in [1.165, 1.54) is 18.2 Å². The van der Waals surface area contributed by atoms with Crippen molar-refractivity contribution < 1.29 is 32.6 Å². The second-order valence-electron chi connectivity index (χ2n) is 9.84. The van der Waals surface area contributed by atoms with Crippen LogP contribution in [-0.2, 0) is 4.79 Å². The van der Waals surface area contributed by atoms with Gasteiger partial charge in [0.2, 0.25) is 0 Å². The van der Waals surface area contributed by atoms with Crippen molar-refractivity contribution in [3.63, 3.8) is 0 Å². The number of halogens is 4. The highest BCUT2D eigenvalue weighted by molar-refractivity contribution is 6.31. The van der Waals surface area contributed by atoms with Crippen molar-refractivity contribution >= 4 is 34.2 Å². The van der Waals surface area contributed by atoms with Crippen molar-refractivity contribution in [1.29, 1.82) is 0 Å². The molecule has 0 aliphatic carbocycles. The number of carboxylic acids is 1. The number of carbonyl (C=O) groups excluding carboxylic acids is 1. The van der Waals surface area contributed by atoms with Gasteiger partial charge in [-0.3, -0.25) is 14.3 Å². The monoisotopic (exact) mass is 607 g/mol. The van der Waals surface area contributed by atoms with E-state index in [4.69, 9.17) is 21.8 Å². The van der Waals surface area contributed by atoms with Gasteiger partial charge in [-0.05, 0) is 71.8 Å². The van der Waals surface area contributed by atoms with Crippen molar-refractivity contribution in [2.24, 2.45) is 0 Å².